The zero-order valence-corrected chi connectivity index (χ0v) is 20.3. The predicted molar refractivity (Wildman–Crippen MR) is 132 cm³/mol. The largest absolute Gasteiger partial charge is 0.494 e. The maximum Gasteiger partial charge on any atom is 0.333 e. The molecule has 0 saturated heterocycles. The van der Waals surface area contributed by atoms with Gasteiger partial charge in [-0.05, 0) is 68.0 Å². The van der Waals surface area contributed by atoms with Crippen LogP contribution >= 0.6 is 0 Å². The molecule has 164 valence electrons. The first-order valence-electron chi connectivity index (χ1n) is 10.9. The highest BCUT2D eigenvalue weighted by molar-refractivity contribution is 6.83. The highest BCUT2D eigenvalue weighted by Crippen LogP contribution is 2.23. The van der Waals surface area contributed by atoms with Crippen LogP contribution < -0.4 is 4.74 Å². The van der Waals surface area contributed by atoms with Gasteiger partial charge in [0.2, 0.25) is 0 Å². The van der Waals surface area contributed by atoms with Crippen molar-refractivity contribution < 1.29 is 14.3 Å². The molecule has 0 heterocycles. The van der Waals surface area contributed by atoms with Gasteiger partial charge >= 0.3 is 5.97 Å². The van der Waals surface area contributed by atoms with E-state index < -0.39 is 8.07 Å². The van der Waals surface area contributed by atoms with Gasteiger partial charge in [-0.1, -0.05) is 56.4 Å². The van der Waals surface area contributed by atoms with Gasteiger partial charge in [0.25, 0.3) is 0 Å². The molecule has 0 spiro atoms. The van der Waals surface area contributed by atoms with Crippen LogP contribution in [-0.4, -0.2) is 27.3 Å². The van der Waals surface area contributed by atoms with Crippen molar-refractivity contribution in [1.29, 1.82) is 0 Å². The van der Waals surface area contributed by atoms with E-state index in [1.165, 1.54) is 11.1 Å². The smallest absolute Gasteiger partial charge is 0.333 e. The van der Waals surface area contributed by atoms with Crippen LogP contribution in [0.5, 0.6) is 5.75 Å². The van der Waals surface area contributed by atoms with Crippen LogP contribution in [0, 0.1) is 11.5 Å². The van der Waals surface area contributed by atoms with Crippen molar-refractivity contribution >= 4 is 14.0 Å². The molecule has 0 amide bonds. The number of esters is 1. The summed E-state index contributed by atoms with van der Waals surface area (Å²) in [6.07, 6.45) is 3.92. The molecule has 0 aromatic heterocycles. The predicted octanol–water partition coefficient (Wildman–Crippen LogP) is 6.64. The van der Waals surface area contributed by atoms with E-state index in [9.17, 15) is 4.79 Å². The first-order chi connectivity index (χ1) is 14.7. The second-order valence-corrected chi connectivity index (χ2v) is 13.5. The average Bonchev–Trinajstić information content (AvgIpc) is 2.74. The summed E-state index contributed by atoms with van der Waals surface area (Å²) < 4.78 is 10.9. The van der Waals surface area contributed by atoms with Crippen LogP contribution in [0.1, 0.15) is 38.2 Å². The van der Waals surface area contributed by atoms with Crippen molar-refractivity contribution in [2.24, 2.45) is 0 Å². The van der Waals surface area contributed by atoms with Gasteiger partial charge in [0.15, 0.2) is 0 Å². The van der Waals surface area contributed by atoms with Crippen molar-refractivity contribution in [2.45, 2.75) is 52.2 Å². The second-order valence-electron chi connectivity index (χ2n) is 8.78. The van der Waals surface area contributed by atoms with E-state index in [2.05, 4.69) is 74.1 Å². The Hall–Kier alpha value is -2.77. The molecule has 0 N–H and O–H groups in total. The molecule has 0 aliphatic rings. The Labute approximate surface area is 188 Å². The second kappa shape index (κ2) is 12.2. The van der Waals surface area contributed by atoms with Gasteiger partial charge in [0.1, 0.15) is 13.8 Å². The van der Waals surface area contributed by atoms with E-state index >= 15 is 0 Å². The van der Waals surface area contributed by atoms with Crippen LogP contribution in [0.4, 0.5) is 0 Å². The summed E-state index contributed by atoms with van der Waals surface area (Å²) >= 11 is 0. The maximum atomic E-state index is 11.3. The van der Waals surface area contributed by atoms with Gasteiger partial charge in [-0.15, -0.1) is 5.54 Å². The SMILES string of the molecule is C=C(C)C(=O)OCCCCCCOc1ccc(-c2ccc(C#C[Si](C)(C)C)cc2)cc1. The summed E-state index contributed by atoms with van der Waals surface area (Å²) in [5.74, 6) is 3.87. The Morgan fingerprint density at radius 2 is 1.42 bits per heavy atom. The van der Waals surface area contributed by atoms with E-state index in [4.69, 9.17) is 9.47 Å². The van der Waals surface area contributed by atoms with Gasteiger partial charge in [-0.3, -0.25) is 0 Å². The van der Waals surface area contributed by atoms with Crippen molar-refractivity contribution in [3.05, 3.63) is 66.2 Å². The molecule has 2 aromatic rings. The highest BCUT2D eigenvalue weighted by atomic mass is 28.3. The minimum Gasteiger partial charge on any atom is -0.494 e. The fraction of sp³-hybridized carbons (Fsp3) is 0.370. The van der Waals surface area contributed by atoms with Crippen molar-refractivity contribution in [1.82, 2.24) is 0 Å². The molecule has 0 fully saturated rings. The number of ether oxygens (including phenoxy) is 2. The minimum absolute atomic E-state index is 0.307. The third kappa shape index (κ3) is 9.72. The highest BCUT2D eigenvalue weighted by Gasteiger charge is 2.07. The molecule has 2 aromatic carbocycles. The van der Waals surface area contributed by atoms with Crippen molar-refractivity contribution in [3.63, 3.8) is 0 Å². The first-order valence-corrected chi connectivity index (χ1v) is 14.4. The third-order valence-electron chi connectivity index (χ3n) is 4.54. The Kier molecular flexibility index (Phi) is 9.62. The lowest BCUT2D eigenvalue weighted by atomic mass is 10.0. The molecule has 31 heavy (non-hydrogen) atoms. The van der Waals surface area contributed by atoms with Crippen LogP contribution in [0.25, 0.3) is 11.1 Å². The van der Waals surface area contributed by atoms with Gasteiger partial charge < -0.3 is 9.47 Å². The normalized spacial score (nSPS) is 10.7. The number of rotatable bonds is 10. The molecular formula is C27H34O3Si. The van der Waals surface area contributed by atoms with Gasteiger partial charge in [-0.2, -0.15) is 0 Å². The number of hydrogen-bond acceptors (Lipinski definition) is 3. The Balaban J connectivity index is 1.70. The number of hydrogen-bond donors (Lipinski definition) is 0. The molecule has 0 saturated carbocycles. The topological polar surface area (TPSA) is 35.5 Å². The third-order valence-corrected chi connectivity index (χ3v) is 5.42. The Bertz CT molecular complexity index is 910. The summed E-state index contributed by atoms with van der Waals surface area (Å²) in [7, 11) is -1.35. The number of carbonyl (C=O) groups is 1. The molecule has 2 rings (SSSR count). The summed E-state index contributed by atoms with van der Waals surface area (Å²) in [5.41, 5.74) is 7.26. The quantitative estimate of drug-likeness (QED) is 0.138. The molecule has 3 nitrogen and oxygen atoms in total. The average molecular weight is 435 g/mol. The van der Waals surface area contributed by atoms with E-state index in [-0.39, 0.29) is 5.97 Å². The summed E-state index contributed by atoms with van der Waals surface area (Å²) in [6, 6.07) is 16.6. The molecule has 4 heteroatoms. The summed E-state index contributed by atoms with van der Waals surface area (Å²) in [6.45, 7) is 13.1. The zero-order valence-electron chi connectivity index (χ0n) is 19.3. The van der Waals surface area contributed by atoms with Crippen LogP contribution in [-0.2, 0) is 9.53 Å². The minimum atomic E-state index is -1.35. The lowest BCUT2D eigenvalue weighted by Gasteiger charge is -2.08. The Morgan fingerprint density at radius 3 is 1.97 bits per heavy atom. The van der Waals surface area contributed by atoms with Crippen LogP contribution in [0.2, 0.25) is 19.6 Å². The molecule has 0 radical (unpaired) electrons. The molecule has 0 bridgehead atoms. The summed E-state index contributed by atoms with van der Waals surface area (Å²) in [5, 5.41) is 0. The van der Waals surface area contributed by atoms with Gasteiger partial charge in [-0.25, -0.2) is 4.79 Å². The molecule has 0 atom stereocenters. The molecule has 0 aliphatic heterocycles. The fourth-order valence-electron chi connectivity index (χ4n) is 2.79. The van der Waals surface area contributed by atoms with E-state index in [0.29, 0.717) is 18.8 Å². The first kappa shape index (κ1) is 24.5. The van der Waals surface area contributed by atoms with Crippen LogP contribution in [0.3, 0.4) is 0 Å². The molecular weight excluding hydrogens is 400 g/mol. The fourth-order valence-corrected chi connectivity index (χ4v) is 3.30. The van der Waals surface area contributed by atoms with Crippen LogP contribution in [0.15, 0.2) is 60.7 Å². The van der Waals surface area contributed by atoms with E-state index in [0.717, 1.165) is 37.0 Å². The molecule has 0 unspecified atom stereocenters. The van der Waals surface area contributed by atoms with E-state index in [1.54, 1.807) is 6.92 Å². The van der Waals surface area contributed by atoms with Crippen molar-refractivity contribution in [3.8, 4) is 28.3 Å². The maximum absolute atomic E-state index is 11.3. The standard InChI is InChI=1S/C27H34O3Si/c1-22(2)27(28)30-20-9-7-6-8-19-29-26-16-14-25(15-17-26)24-12-10-23(11-13-24)18-21-31(3,4)5/h10-17H,1,6-9,19-20H2,2-5H3. The van der Waals surface area contributed by atoms with Gasteiger partial charge in [0, 0.05) is 11.1 Å². The van der Waals surface area contributed by atoms with Gasteiger partial charge in [0.05, 0.1) is 13.2 Å². The zero-order chi connectivity index (χ0) is 22.7. The number of carbonyl (C=O) groups excluding carboxylic acids is 1. The lowest BCUT2D eigenvalue weighted by molar-refractivity contribution is -0.139. The van der Waals surface area contributed by atoms with E-state index in [1.807, 2.05) is 12.1 Å². The number of benzene rings is 2. The monoisotopic (exact) mass is 434 g/mol. The molecule has 0 aliphatic carbocycles. The lowest BCUT2D eigenvalue weighted by Crippen LogP contribution is -2.16. The number of unbranched alkanes of at least 4 members (excludes halogenated alkanes) is 3. The summed E-state index contributed by atoms with van der Waals surface area (Å²) in [4.78, 5) is 11.3. The Morgan fingerprint density at radius 1 is 0.871 bits per heavy atom. The van der Waals surface area contributed by atoms with Crippen molar-refractivity contribution in [2.75, 3.05) is 13.2 Å².